The molecule has 1 unspecified atom stereocenters. The molecular weight excluding hydrogens is 490 g/mol. The number of carbonyl (C=O) groups is 1. The van der Waals surface area contributed by atoms with E-state index in [4.69, 9.17) is 22.3 Å². The third-order valence-electron chi connectivity index (χ3n) is 7.83. The average molecular weight is 518 g/mol. The van der Waals surface area contributed by atoms with Crippen LogP contribution in [0.15, 0.2) is 36.8 Å². The van der Waals surface area contributed by atoms with Gasteiger partial charge < -0.3 is 20.6 Å². The summed E-state index contributed by atoms with van der Waals surface area (Å²) in [5.74, 6) is 1.22. The van der Waals surface area contributed by atoms with Crippen molar-refractivity contribution in [2.24, 2.45) is 5.92 Å². The van der Waals surface area contributed by atoms with Crippen LogP contribution in [-0.4, -0.2) is 35.4 Å². The number of hydrogen-bond donors (Lipinski definition) is 3. The van der Waals surface area contributed by atoms with E-state index < -0.39 is 5.41 Å². The van der Waals surface area contributed by atoms with Gasteiger partial charge in [0.2, 0.25) is 5.91 Å². The molecule has 190 valence electrons. The van der Waals surface area contributed by atoms with Gasteiger partial charge in [-0.2, -0.15) is 0 Å². The van der Waals surface area contributed by atoms with Gasteiger partial charge in [0.05, 0.1) is 16.3 Å². The fraction of sp³-hybridized carbons (Fsp3) is 0.370. The van der Waals surface area contributed by atoms with E-state index in [0.717, 1.165) is 30.1 Å². The summed E-state index contributed by atoms with van der Waals surface area (Å²) in [5.41, 5.74) is 8.66. The number of imidazole rings is 1. The van der Waals surface area contributed by atoms with E-state index in [9.17, 15) is 9.90 Å². The first-order valence-electron chi connectivity index (χ1n) is 12.7. The first-order valence-corrected chi connectivity index (χ1v) is 13.0. The van der Waals surface area contributed by atoms with Gasteiger partial charge in [-0.15, -0.1) is 0 Å². The normalized spacial score (nSPS) is 19.8. The number of amides is 1. The average Bonchev–Trinajstić information content (AvgIpc) is 3.47. The number of phenolic OH excluding ortho intramolecular Hbond substituents is 1. The molecule has 9 nitrogen and oxygen atoms in total. The summed E-state index contributed by atoms with van der Waals surface area (Å²) in [6, 6.07) is 4.67. The van der Waals surface area contributed by atoms with Crippen LogP contribution in [0.25, 0.3) is 17.2 Å². The molecule has 1 aliphatic heterocycles. The van der Waals surface area contributed by atoms with Gasteiger partial charge in [0.1, 0.15) is 28.5 Å². The summed E-state index contributed by atoms with van der Waals surface area (Å²) in [6.45, 7) is 1.75. The quantitative estimate of drug-likeness (QED) is 0.343. The minimum atomic E-state index is -1.16. The summed E-state index contributed by atoms with van der Waals surface area (Å²) in [5, 5.41) is 12.9. The van der Waals surface area contributed by atoms with E-state index in [1.54, 1.807) is 25.3 Å². The van der Waals surface area contributed by atoms with Crippen molar-refractivity contribution in [1.82, 2.24) is 24.3 Å². The SMILES string of the molecule is CC1(c2ccc(O)c(Cl)c2)C(=O)Nc2nc(-c3cn4ccnc4c(CCC4CCCCC4)n3)nc(N)c21. The van der Waals surface area contributed by atoms with Crippen molar-refractivity contribution < 1.29 is 9.90 Å². The molecule has 0 bridgehead atoms. The Morgan fingerprint density at radius 2 is 2.03 bits per heavy atom. The number of hydrogen-bond acceptors (Lipinski definition) is 7. The van der Waals surface area contributed by atoms with Gasteiger partial charge in [-0.1, -0.05) is 49.8 Å². The summed E-state index contributed by atoms with van der Waals surface area (Å²) in [6.07, 6.45) is 13.9. The number of nitrogen functional groups attached to an aromatic ring is 1. The molecule has 4 heterocycles. The molecule has 0 radical (unpaired) electrons. The number of halogens is 1. The standard InChI is InChI=1S/C27H28ClN7O2/c1-27(16-8-10-20(36)17(28)13-16)21-22(29)32-23(33-24(21)34-26(27)37)19-14-35-12-11-30-25(35)18(31-19)9-7-15-5-3-2-4-6-15/h8,10-15,36H,2-7,9H2,1H3,(H3,29,32,33,34,37). The Labute approximate surface area is 219 Å². The summed E-state index contributed by atoms with van der Waals surface area (Å²) < 4.78 is 1.94. The number of aromatic nitrogens is 5. The highest BCUT2D eigenvalue weighted by molar-refractivity contribution is 6.32. The van der Waals surface area contributed by atoms with Gasteiger partial charge in [-0.3, -0.25) is 4.79 Å². The molecule has 37 heavy (non-hydrogen) atoms. The van der Waals surface area contributed by atoms with Crippen LogP contribution in [0.4, 0.5) is 11.6 Å². The third kappa shape index (κ3) is 3.98. The minimum Gasteiger partial charge on any atom is -0.506 e. The first-order chi connectivity index (χ1) is 17.8. The number of benzene rings is 1. The predicted octanol–water partition coefficient (Wildman–Crippen LogP) is 4.90. The number of fused-ring (bicyclic) bond motifs is 2. The van der Waals surface area contributed by atoms with Gasteiger partial charge in [0.25, 0.3) is 0 Å². The van der Waals surface area contributed by atoms with E-state index in [0.29, 0.717) is 28.5 Å². The van der Waals surface area contributed by atoms with Crippen molar-refractivity contribution in [2.45, 2.75) is 57.3 Å². The van der Waals surface area contributed by atoms with Crippen LogP contribution in [-0.2, 0) is 16.6 Å². The predicted molar refractivity (Wildman–Crippen MR) is 142 cm³/mol. The minimum absolute atomic E-state index is 0.0625. The van der Waals surface area contributed by atoms with Crippen LogP contribution in [0.2, 0.25) is 5.02 Å². The van der Waals surface area contributed by atoms with Crippen molar-refractivity contribution in [3.8, 4) is 17.3 Å². The molecule has 3 aromatic heterocycles. The van der Waals surface area contributed by atoms with E-state index in [-0.39, 0.29) is 22.5 Å². The molecular formula is C27H28ClN7O2. The monoisotopic (exact) mass is 517 g/mol. The van der Waals surface area contributed by atoms with E-state index in [1.807, 2.05) is 16.8 Å². The second-order valence-corrected chi connectivity index (χ2v) is 10.6. The number of aryl methyl sites for hydroxylation is 1. The summed E-state index contributed by atoms with van der Waals surface area (Å²) >= 11 is 6.14. The van der Waals surface area contributed by atoms with Crippen LogP contribution >= 0.6 is 11.6 Å². The molecule has 0 spiro atoms. The molecule has 4 N–H and O–H groups in total. The number of phenols is 1. The lowest BCUT2D eigenvalue weighted by molar-refractivity contribution is -0.119. The van der Waals surface area contributed by atoms with Crippen molar-refractivity contribution in [3.63, 3.8) is 0 Å². The van der Waals surface area contributed by atoms with Crippen LogP contribution in [0.3, 0.4) is 0 Å². The Hall–Kier alpha value is -3.72. The van der Waals surface area contributed by atoms with Crippen LogP contribution in [0.5, 0.6) is 5.75 Å². The van der Waals surface area contributed by atoms with Gasteiger partial charge in [-0.25, -0.2) is 19.9 Å². The first kappa shape index (κ1) is 23.7. The highest BCUT2D eigenvalue weighted by Crippen LogP contribution is 2.46. The van der Waals surface area contributed by atoms with Crippen LogP contribution in [0.1, 0.15) is 62.3 Å². The van der Waals surface area contributed by atoms with E-state index in [1.165, 1.54) is 38.2 Å². The van der Waals surface area contributed by atoms with Gasteiger partial charge in [0.15, 0.2) is 11.5 Å². The molecule has 4 aromatic rings. The largest absolute Gasteiger partial charge is 0.506 e. The molecule has 1 fully saturated rings. The topological polar surface area (TPSA) is 131 Å². The van der Waals surface area contributed by atoms with Crippen LogP contribution in [0, 0.1) is 5.92 Å². The molecule has 0 saturated heterocycles. The second-order valence-electron chi connectivity index (χ2n) is 10.2. The Balaban J connectivity index is 1.39. The molecule has 1 amide bonds. The number of rotatable bonds is 5. The maximum atomic E-state index is 13.2. The number of nitrogens with one attached hydrogen (secondary N) is 1. The lowest BCUT2D eigenvalue weighted by Gasteiger charge is -2.23. The number of carbonyl (C=O) groups excluding carboxylic acids is 1. The second kappa shape index (κ2) is 8.99. The molecule has 6 rings (SSSR count). The van der Waals surface area contributed by atoms with Gasteiger partial charge >= 0.3 is 0 Å². The smallest absolute Gasteiger partial charge is 0.240 e. The molecule has 1 aliphatic carbocycles. The maximum Gasteiger partial charge on any atom is 0.240 e. The highest BCUT2D eigenvalue weighted by Gasteiger charge is 2.47. The molecule has 1 saturated carbocycles. The van der Waals surface area contributed by atoms with Gasteiger partial charge in [-0.05, 0) is 43.4 Å². The molecule has 2 aliphatic rings. The third-order valence-corrected chi connectivity index (χ3v) is 8.14. The lowest BCUT2D eigenvalue weighted by atomic mass is 9.77. The highest BCUT2D eigenvalue weighted by atomic mass is 35.5. The number of anilines is 2. The zero-order chi connectivity index (χ0) is 25.7. The summed E-state index contributed by atoms with van der Waals surface area (Å²) in [4.78, 5) is 31.9. The number of nitrogens with two attached hydrogens (primary N) is 1. The van der Waals surface area contributed by atoms with Gasteiger partial charge in [0, 0.05) is 18.6 Å². The molecule has 10 heteroatoms. The zero-order valence-electron chi connectivity index (χ0n) is 20.5. The zero-order valence-corrected chi connectivity index (χ0v) is 21.3. The fourth-order valence-corrected chi connectivity index (χ4v) is 5.88. The fourth-order valence-electron chi connectivity index (χ4n) is 5.70. The molecule has 1 aromatic carbocycles. The van der Waals surface area contributed by atoms with Crippen molar-refractivity contribution in [1.29, 1.82) is 0 Å². The Morgan fingerprint density at radius 3 is 2.81 bits per heavy atom. The maximum absolute atomic E-state index is 13.2. The number of aromatic hydroxyl groups is 1. The van der Waals surface area contributed by atoms with E-state index in [2.05, 4.69) is 20.3 Å². The lowest BCUT2D eigenvalue weighted by Crippen LogP contribution is -2.33. The Morgan fingerprint density at radius 1 is 1.22 bits per heavy atom. The van der Waals surface area contributed by atoms with Crippen molar-refractivity contribution >= 4 is 34.8 Å². The Bertz CT molecular complexity index is 1530. The Kier molecular flexibility index (Phi) is 5.75. The van der Waals surface area contributed by atoms with Crippen molar-refractivity contribution in [2.75, 3.05) is 11.1 Å². The molecule has 1 atom stereocenters. The van der Waals surface area contributed by atoms with Crippen LogP contribution < -0.4 is 11.1 Å². The number of nitrogens with zero attached hydrogens (tertiary/aromatic N) is 5. The van der Waals surface area contributed by atoms with E-state index >= 15 is 0 Å². The summed E-state index contributed by atoms with van der Waals surface area (Å²) in [7, 11) is 0. The van der Waals surface area contributed by atoms with Crippen molar-refractivity contribution in [3.05, 3.63) is 58.6 Å².